The van der Waals surface area contributed by atoms with Gasteiger partial charge in [-0.2, -0.15) is 4.98 Å². The number of nitrogens with zero attached hydrogens (tertiary/aromatic N) is 4. The lowest BCUT2D eigenvalue weighted by Crippen LogP contribution is -2.07. The topological polar surface area (TPSA) is 41.4 Å². The Hall–Kier alpha value is -1.20. The van der Waals surface area contributed by atoms with Gasteiger partial charge in [0.05, 0.1) is 11.9 Å². The molecule has 0 aliphatic rings. The van der Waals surface area contributed by atoms with Gasteiger partial charge in [0.25, 0.3) is 5.95 Å². The van der Waals surface area contributed by atoms with Crippen LogP contribution in [0.4, 0.5) is 5.95 Å². The van der Waals surface area contributed by atoms with Crippen LogP contribution in [-0.4, -0.2) is 35.3 Å². The highest BCUT2D eigenvalue weighted by Gasteiger charge is 2.05. The van der Waals surface area contributed by atoms with Crippen LogP contribution in [-0.2, 0) is 0 Å². The molecule has 2 aromatic rings. The third kappa shape index (κ3) is 2.92. The molecule has 2 rings (SSSR count). The molecule has 88 valence electrons. The first-order valence-corrected chi connectivity index (χ1v) is 6.07. The molecule has 0 radical (unpaired) electrons. The van der Waals surface area contributed by atoms with Crippen molar-refractivity contribution in [3.05, 3.63) is 27.8 Å². The van der Waals surface area contributed by atoms with Crippen LogP contribution in [0, 0.1) is 0 Å². The molecule has 0 fully saturated rings. The summed E-state index contributed by atoms with van der Waals surface area (Å²) in [5.41, 5.74) is 0.769. The van der Waals surface area contributed by atoms with Crippen LogP contribution in [0.1, 0.15) is 0 Å². The van der Waals surface area contributed by atoms with Gasteiger partial charge in [-0.25, -0.2) is 9.98 Å². The highest BCUT2D eigenvalue weighted by Crippen LogP contribution is 2.25. The molecule has 4 nitrogen and oxygen atoms in total. The molecule has 17 heavy (non-hydrogen) atoms. The van der Waals surface area contributed by atoms with Crippen molar-refractivity contribution in [2.24, 2.45) is 4.99 Å². The summed E-state index contributed by atoms with van der Waals surface area (Å²) >= 11 is 9.47. The molecule has 0 saturated carbocycles. The Balaban J connectivity index is 2.53. The van der Waals surface area contributed by atoms with Crippen molar-refractivity contribution in [1.82, 2.24) is 14.9 Å². The standard InChI is InChI=1S/C11H10BrClN4/c1-17(2)6-14-11-15-9-5-7(12)3-4-8(9)10(13)16-11/h3-6H,1-2H3. The SMILES string of the molecule is CN(C)C=Nc1nc(Cl)c2ccc(Br)cc2n1. The van der Waals surface area contributed by atoms with Gasteiger partial charge >= 0.3 is 0 Å². The third-order valence-electron chi connectivity index (χ3n) is 2.00. The predicted molar refractivity (Wildman–Crippen MR) is 74.1 cm³/mol. The Morgan fingerprint density at radius 3 is 2.82 bits per heavy atom. The quantitative estimate of drug-likeness (QED) is 0.485. The van der Waals surface area contributed by atoms with Gasteiger partial charge in [0.2, 0.25) is 0 Å². The number of fused-ring (bicyclic) bond motifs is 1. The van der Waals surface area contributed by atoms with Crippen LogP contribution in [0.25, 0.3) is 10.9 Å². The Morgan fingerprint density at radius 2 is 2.12 bits per heavy atom. The Kier molecular flexibility index (Phi) is 3.59. The zero-order chi connectivity index (χ0) is 12.4. The maximum absolute atomic E-state index is 6.08. The summed E-state index contributed by atoms with van der Waals surface area (Å²) in [5.74, 6) is 0.356. The van der Waals surface area contributed by atoms with E-state index in [1.807, 2.05) is 37.2 Å². The molecule has 0 aliphatic carbocycles. The number of hydrogen-bond donors (Lipinski definition) is 0. The third-order valence-corrected chi connectivity index (χ3v) is 2.79. The van der Waals surface area contributed by atoms with Crippen LogP contribution in [0.3, 0.4) is 0 Å². The molecular weight excluding hydrogens is 304 g/mol. The van der Waals surface area contributed by atoms with Crippen molar-refractivity contribution in [2.45, 2.75) is 0 Å². The Labute approximate surface area is 112 Å². The molecule has 1 heterocycles. The lowest BCUT2D eigenvalue weighted by molar-refractivity contribution is 0.642. The number of hydrogen-bond acceptors (Lipinski definition) is 3. The Morgan fingerprint density at radius 1 is 1.35 bits per heavy atom. The van der Waals surface area contributed by atoms with Crippen molar-refractivity contribution in [3.63, 3.8) is 0 Å². The van der Waals surface area contributed by atoms with Crippen LogP contribution < -0.4 is 0 Å². The molecule has 0 spiro atoms. The van der Waals surface area contributed by atoms with E-state index in [1.54, 1.807) is 6.34 Å². The highest BCUT2D eigenvalue weighted by atomic mass is 79.9. The van der Waals surface area contributed by atoms with Gasteiger partial charge in [0, 0.05) is 24.0 Å². The van der Waals surface area contributed by atoms with E-state index in [0.29, 0.717) is 11.1 Å². The molecule has 0 saturated heterocycles. The molecule has 0 amide bonds. The van der Waals surface area contributed by atoms with Crippen LogP contribution in [0.5, 0.6) is 0 Å². The van der Waals surface area contributed by atoms with Gasteiger partial charge in [-0.1, -0.05) is 27.5 Å². The number of rotatable bonds is 2. The summed E-state index contributed by atoms with van der Waals surface area (Å²) in [7, 11) is 3.76. The normalized spacial score (nSPS) is 11.3. The van der Waals surface area contributed by atoms with Gasteiger partial charge < -0.3 is 4.90 Å². The molecular formula is C11H10BrClN4. The summed E-state index contributed by atoms with van der Waals surface area (Å²) in [6, 6.07) is 5.67. The minimum absolute atomic E-state index is 0.356. The van der Waals surface area contributed by atoms with Gasteiger partial charge in [-0.15, -0.1) is 0 Å². The fraction of sp³-hybridized carbons (Fsp3) is 0.182. The Bertz CT molecular complexity index is 583. The van der Waals surface area contributed by atoms with E-state index < -0.39 is 0 Å². The summed E-state index contributed by atoms with van der Waals surface area (Å²) < 4.78 is 0.947. The minimum Gasteiger partial charge on any atom is -0.369 e. The van der Waals surface area contributed by atoms with Crippen LogP contribution in [0.2, 0.25) is 5.15 Å². The first-order valence-electron chi connectivity index (χ1n) is 4.89. The average Bonchev–Trinajstić information content (AvgIpc) is 2.25. The molecule has 0 bridgehead atoms. The second kappa shape index (κ2) is 4.98. The fourth-order valence-electron chi connectivity index (χ4n) is 1.28. The van der Waals surface area contributed by atoms with Gasteiger partial charge in [0.1, 0.15) is 5.15 Å². The number of halogens is 2. The van der Waals surface area contributed by atoms with Crippen molar-refractivity contribution < 1.29 is 0 Å². The molecule has 0 unspecified atom stereocenters. The number of benzene rings is 1. The zero-order valence-corrected chi connectivity index (χ0v) is 11.7. The average molecular weight is 314 g/mol. The molecule has 6 heteroatoms. The maximum Gasteiger partial charge on any atom is 0.252 e. The smallest absolute Gasteiger partial charge is 0.252 e. The molecule has 1 aromatic carbocycles. The van der Waals surface area contributed by atoms with E-state index in [-0.39, 0.29) is 0 Å². The maximum atomic E-state index is 6.08. The van der Waals surface area contributed by atoms with E-state index in [2.05, 4.69) is 30.9 Å². The van der Waals surface area contributed by atoms with E-state index >= 15 is 0 Å². The minimum atomic E-state index is 0.356. The number of aromatic nitrogens is 2. The summed E-state index contributed by atoms with van der Waals surface area (Å²) in [5, 5.41) is 1.23. The zero-order valence-electron chi connectivity index (χ0n) is 9.35. The fourth-order valence-corrected chi connectivity index (χ4v) is 1.86. The van der Waals surface area contributed by atoms with Crippen molar-refractivity contribution in [1.29, 1.82) is 0 Å². The highest BCUT2D eigenvalue weighted by molar-refractivity contribution is 9.10. The summed E-state index contributed by atoms with van der Waals surface area (Å²) in [4.78, 5) is 14.4. The van der Waals surface area contributed by atoms with Gasteiger partial charge in [0.15, 0.2) is 0 Å². The molecule has 0 aliphatic heterocycles. The monoisotopic (exact) mass is 312 g/mol. The second-order valence-corrected chi connectivity index (χ2v) is 4.96. The molecule has 0 atom stereocenters. The second-order valence-electron chi connectivity index (χ2n) is 3.68. The lowest BCUT2D eigenvalue weighted by atomic mass is 10.2. The van der Waals surface area contributed by atoms with Gasteiger partial charge in [-0.05, 0) is 18.2 Å². The van der Waals surface area contributed by atoms with Crippen LogP contribution in [0.15, 0.2) is 27.7 Å². The van der Waals surface area contributed by atoms with E-state index in [4.69, 9.17) is 11.6 Å². The predicted octanol–water partition coefficient (Wildman–Crippen LogP) is 3.27. The lowest BCUT2D eigenvalue weighted by Gasteiger charge is -2.03. The molecule has 1 aromatic heterocycles. The van der Waals surface area contributed by atoms with E-state index in [1.165, 1.54) is 0 Å². The summed E-state index contributed by atoms with van der Waals surface area (Å²) in [6.07, 6.45) is 1.63. The largest absolute Gasteiger partial charge is 0.369 e. The number of aliphatic imine (C=N–C) groups is 1. The van der Waals surface area contributed by atoms with Crippen molar-refractivity contribution >= 4 is 50.7 Å². The van der Waals surface area contributed by atoms with E-state index in [0.717, 1.165) is 15.4 Å². The molecule has 0 N–H and O–H groups in total. The first kappa shape index (κ1) is 12.3. The first-order chi connectivity index (χ1) is 8.06. The van der Waals surface area contributed by atoms with Crippen molar-refractivity contribution in [3.8, 4) is 0 Å². The van der Waals surface area contributed by atoms with Crippen molar-refractivity contribution in [2.75, 3.05) is 14.1 Å². The van der Waals surface area contributed by atoms with Gasteiger partial charge in [-0.3, -0.25) is 0 Å². The van der Waals surface area contributed by atoms with E-state index in [9.17, 15) is 0 Å². The summed E-state index contributed by atoms with van der Waals surface area (Å²) in [6.45, 7) is 0. The van der Waals surface area contributed by atoms with Crippen LogP contribution >= 0.6 is 27.5 Å².